The summed E-state index contributed by atoms with van der Waals surface area (Å²) in [5.74, 6) is -1.42. The monoisotopic (exact) mass is 1010 g/mol. The largest absolute Gasteiger partial charge is 0.456 e. The molecule has 0 aliphatic carbocycles. The molecule has 5 aromatic carbocycles. The fraction of sp³-hybridized carbons (Fsp3) is 0.315. The number of ether oxygens (including phenoxy) is 1. The van der Waals surface area contributed by atoms with Gasteiger partial charge >= 0.3 is 18.3 Å². The third-order valence-corrected chi connectivity index (χ3v) is 12.7. The molecule has 0 saturated carbocycles. The Labute approximate surface area is 420 Å². The van der Waals surface area contributed by atoms with Gasteiger partial charge in [-0.25, -0.2) is 4.79 Å². The fourth-order valence-corrected chi connectivity index (χ4v) is 9.18. The molecule has 0 spiro atoms. The van der Waals surface area contributed by atoms with E-state index in [2.05, 4.69) is 10.6 Å². The van der Waals surface area contributed by atoms with Crippen LogP contribution >= 0.6 is 0 Å². The van der Waals surface area contributed by atoms with Gasteiger partial charge in [-0.2, -0.15) is 26.3 Å². The van der Waals surface area contributed by atoms with Gasteiger partial charge in [-0.1, -0.05) is 66.7 Å². The molecule has 5 aromatic rings. The van der Waals surface area contributed by atoms with Gasteiger partial charge in [0.2, 0.25) is 0 Å². The van der Waals surface area contributed by atoms with E-state index in [0.717, 1.165) is 29.8 Å². The first-order chi connectivity index (χ1) is 34.4. The molecule has 3 atom stereocenters. The lowest BCUT2D eigenvalue weighted by Gasteiger charge is -2.40. The number of hydrogen-bond acceptors (Lipinski definition) is 10. The first kappa shape index (κ1) is 53.4. The molecule has 0 radical (unpaired) electrons. The van der Waals surface area contributed by atoms with Crippen LogP contribution in [-0.2, 0) is 38.0 Å². The van der Waals surface area contributed by atoms with E-state index in [1.165, 1.54) is 24.3 Å². The van der Waals surface area contributed by atoms with E-state index in [-0.39, 0.29) is 79.4 Å². The zero-order valence-corrected chi connectivity index (χ0v) is 40.7. The van der Waals surface area contributed by atoms with Crippen molar-refractivity contribution in [3.05, 3.63) is 178 Å². The number of carbonyl (C=O) groups is 3. The average Bonchev–Trinajstić information content (AvgIpc) is 3.80. The summed E-state index contributed by atoms with van der Waals surface area (Å²) < 4.78 is 88.9. The first-order valence-corrected chi connectivity index (χ1v) is 23.6. The zero-order chi connectivity index (χ0) is 52.9. The van der Waals surface area contributed by atoms with Crippen molar-refractivity contribution in [1.29, 1.82) is 0 Å². The van der Waals surface area contributed by atoms with Crippen molar-refractivity contribution >= 4 is 40.5 Å². The third kappa shape index (κ3) is 13.6. The van der Waals surface area contributed by atoms with Crippen LogP contribution in [0.4, 0.5) is 49.1 Å². The number of carbonyl (C=O) groups excluding carboxylic acids is 3. The van der Waals surface area contributed by atoms with Crippen molar-refractivity contribution in [2.45, 2.75) is 63.8 Å². The highest BCUT2D eigenvalue weighted by Gasteiger charge is 2.41. The Bertz CT molecular complexity index is 2850. The van der Waals surface area contributed by atoms with Gasteiger partial charge in [0.25, 0.3) is 11.8 Å². The topological polar surface area (TPSA) is 195 Å². The Hall–Kier alpha value is -7.35. The molecule has 0 fully saturated rings. The number of rotatable bonds is 19. The summed E-state index contributed by atoms with van der Waals surface area (Å²) in [6.45, 7) is 5.90. The summed E-state index contributed by atoms with van der Waals surface area (Å²) in [5.41, 5.74) is 26.8. The zero-order valence-electron chi connectivity index (χ0n) is 40.7. The average molecular weight is 1010 g/mol. The second-order valence-electron chi connectivity index (χ2n) is 19.5. The first-order valence-electron chi connectivity index (χ1n) is 23.6. The number of benzene rings is 5. The fourth-order valence-electron chi connectivity index (χ4n) is 9.18. The van der Waals surface area contributed by atoms with Crippen molar-refractivity contribution in [2.75, 3.05) is 67.9 Å². The Morgan fingerprint density at radius 3 is 1.52 bits per heavy atom. The number of nitrogens with zero attached hydrogens (tertiary/aromatic N) is 3. The van der Waals surface area contributed by atoms with Gasteiger partial charge in [0.15, 0.2) is 6.54 Å². The van der Waals surface area contributed by atoms with Crippen molar-refractivity contribution in [3.63, 3.8) is 0 Å². The molecule has 1 unspecified atom stereocenters. The van der Waals surface area contributed by atoms with Gasteiger partial charge in [0, 0.05) is 52.7 Å². The summed E-state index contributed by atoms with van der Waals surface area (Å²) in [6.07, 6.45) is -8.95. The summed E-state index contributed by atoms with van der Waals surface area (Å²) in [4.78, 5) is 46.3. The molecule has 0 saturated heterocycles. The number of amides is 2. The number of hydrogen-bond donors (Lipinski definition) is 6. The normalized spacial score (nSPS) is 16.2. The van der Waals surface area contributed by atoms with Crippen LogP contribution in [0.2, 0.25) is 0 Å². The SMILES string of the molecule is CC(C)(C)OC(=O)C[N+](CCCN1CC(Nc2cccc(C(F)(F)F)c2)=C([C@H](N)c2ccc(N)cc2)C1=O)(CCN1CC(Nc2cccc(C(F)(F)F)c2)=C([C@H](N)c2ccc(N)cc2)C1=O)Cc1ccccc1. The van der Waals surface area contributed by atoms with Gasteiger partial charge < -0.3 is 52.6 Å². The van der Waals surface area contributed by atoms with Gasteiger partial charge in [-0.05, 0) is 92.6 Å². The van der Waals surface area contributed by atoms with E-state index in [9.17, 15) is 40.7 Å². The minimum absolute atomic E-state index is 0.0233. The number of anilines is 4. The van der Waals surface area contributed by atoms with Crippen molar-refractivity contribution in [3.8, 4) is 0 Å². The Kier molecular flexibility index (Phi) is 16.0. The molecule has 10 N–H and O–H groups in total. The maximum Gasteiger partial charge on any atom is 0.416 e. The minimum atomic E-state index is -4.63. The highest BCUT2D eigenvalue weighted by Crippen LogP contribution is 2.37. The van der Waals surface area contributed by atoms with E-state index < -0.39 is 58.9 Å². The lowest BCUT2D eigenvalue weighted by molar-refractivity contribution is -0.933. The van der Waals surface area contributed by atoms with Crippen LogP contribution in [0.25, 0.3) is 0 Å². The van der Waals surface area contributed by atoms with Crippen molar-refractivity contribution < 1.29 is 49.9 Å². The van der Waals surface area contributed by atoms with Gasteiger partial charge in [0.05, 0.1) is 67.1 Å². The predicted octanol–water partition coefficient (Wildman–Crippen LogP) is 8.75. The Morgan fingerprint density at radius 2 is 1.08 bits per heavy atom. The second kappa shape index (κ2) is 21.8. The van der Waals surface area contributed by atoms with E-state index in [0.29, 0.717) is 40.3 Å². The molecule has 7 rings (SSSR count). The number of quaternary nitrogens is 1. The summed E-state index contributed by atoms with van der Waals surface area (Å²) in [5, 5.41) is 6.12. The van der Waals surface area contributed by atoms with Crippen LogP contribution in [0, 0.1) is 0 Å². The molecule has 2 amide bonds. The quantitative estimate of drug-likeness (QED) is 0.0202. The standard InChI is InChI=1S/C54H59F6N9O4/c1-52(2,3)73-45(70)33-69(32-34-10-5-4-6-11-34,27-25-68-31-44(66-42-15-8-13-38(29-42)54(58,59)60)47(51(68)72)49(64)36-18-22-40(62)23-19-36)26-9-24-67-30-43(65-41-14-7-12-37(28-41)53(55,56)57)46(50(67)71)48(63)35-16-20-39(61)21-17-35/h4-8,10-23,28-29,48-49H,9,24-27,30-33,61-64H2,1-3H3,(H-,65,66,71,72)/p+1/t48-,49-,69?/m1/s1. The van der Waals surface area contributed by atoms with E-state index in [4.69, 9.17) is 27.7 Å². The maximum atomic E-state index is 14.7. The lowest BCUT2D eigenvalue weighted by Crippen LogP contribution is -2.56. The van der Waals surface area contributed by atoms with E-state index in [1.807, 2.05) is 30.3 Å². The van der Waals surface area contributed by atoms with Gasteiger partial charge in [-0.15, -0.1) is 0 Å². The molecular formula is C54H60F6N9O4+. The minimum Gasteiger partial charge on any atom is -0.456 e. The number of halogens is 6. The predicted molar refractivity (Wildman–Crippen MR) is 268 cm³/mol. The molecule has 2 heterocycles. The Balaban J connectivity index is 1.19. The Morgan fingerprint density at radius 1 is 0.630 bits per heavy atom. The second-order valence-corrected chi connectivity index (χ2v) is 19.5. The van der Waals surface area contributed by atoms with Crippen LogP contribution in [0.5, 0.6) is 0 Å². The summed E-state index contributed by atoms with van der Waals surface area (Å²) in [6, 6.07) is 29.9. The smallest absolute Gasteiger partial charge is 0.416 e. The highest BCUT2D eigenvalue weighted by molar-refractivity contribution is 6.00. The molecule has 73 heavy (non-hydrogen) atoms. The number of esters is 1. The summed E-state index contributed by atoms with van der Waals surface area (Å²) >= 11 is 0. The van der Waals surface area contributed by atoms with Gasteiger partial charge in [-0.3, -0.25) is 9.59 Å². The number of nitrogens with two attached hydrogens (primary N) is 4. The van der Waals surface area contributed by atoms with Crippen LogP contribution in [-0.4, -0.2) is 83.5 Å². The molecule has 19 heteroatoms. The lowest BCUT2D eigenvalue weighted by atomic mass is 9.98. The number of nitrogens with one attached hydrogen (secondary N) is 2. The van der Waals surface area contributed by atoms with Crippen LogP contribution in [0.15, 0.2) is 150 Å². The van der Waals surface area contributed by atoms with Crippen LogP contribution in [0.3, 0.4) is 0 Å². The molecule has 13 nitrogen and oxygen atoms in total. The van der Waals surface area contributed by atoms with Crippen molar-refractivity contribution in [1.82, 2.24) is 9.80 Å². The van der Waals surface area contributed by atoms with Gasteiger partial charge in [0.1, 0.15) is 12.1 Å². The third-order valence-electron chi connectivity index (χ3n) is 12.7. The molecular weight excluding hydrogens is 953 g/mol. The van der Waals surface area contributed by atoms with E-state index >= 15 is 0 Å². The van der Waals surface area contributed by atoms with E-state index in [1.54, 1.807) is 79.1 Å². The highest BCUT2D eigenvalue weighted by atomic mass is 19.4. The molecule has 0 aromatic heterocycles. The molecule has 0 bridgehead atoms. The molecule has 386 valence electrons. The molecule has 2 aliphatic rings. The maximum absolute atomic E-state index is 14.7. The molecule has 2 aliphatic heterocycles. The van der Waals surface area contributed by atoms with Crippen molar-refractivity contribution in [2.24, 2.45) is 11.5 Å². The number of nitrogen functional groups attached to an aromatic ring is 2. The number of alkyl halides is 6. The van der Waals surface area contributed by atoms with Crippen LogP contribution in [0.1, 0.15) is 67.1 Å². The summed E-state index contributed by atoms with van der Waals surface area (Å²) in [7, 11) is 0. The van der Waals surface area contributed by atoms with Crippen LogP contribution < -0.4 is 33.6 Å².